The average molecular weight is 566 g/mol. The predicted octanol–water partition coefficient (Wildman–Crippen LogP) is 5.55. The number of carbonyl (C=O) groups excluding carboxylic acids is 1. The molecule has 2 fully saturated rings. The number of aliphatic hydroxyl groups excluding tert-OH is 1. The highest BCUT2D eigenvalue weighted by molar-refractivity contribution is 7.13. The molecule has 5 rings (SSSR count). The summed E-state index contributed by atoms with van der Waals surface area (Å²) in [4.78, 5) is 18.9. The van der Waals surface area contributed by atoms with Crippen LogP contribution in [0.3, 0.4) is 0 Å². The van der Waals surface area contributed by atoms with E-state index in [1.54, 1.807) is 18.2 Å². The number of alkyl halides is 2. The minimum absolute atomic E-state index is 0.141. The molecule has 1 aliphatic heterocycles. The van der Waals surface area contributed by atoms with Crippen LogP contribution in [-0.4, -0.2) is 52.7 Å². The Morgan fingerprint density at radius 3 is 2.58 bits per heavy atom. The van der Waals surface area contributed by atoms with Crippen LogP contribution in [0.4, 0.5) is 13.2 Å². The zero-order valence-corrected chi connectivity index (χ0v) is 22.0. The summed E-state index contributed by atoms with van der Waals surface area (Å²) in [5.41, 5.74) is 0.142. The normalized spacial score (nSPS) is 17.8. The van der Waals surface area contributed by atoms with Gasteiger partial charge in [0.2, 0.25) is 0 Å². The first-order chi connectivity index (χ1) is 18.2. The third-order valence-corrected chi connectivity index (χ3v) is 7.86. The highest BCUT2D eigenvalue weighted by atomic mass is 35.5. The zero-order chi connectivity index (χ0) is 26.9. The Kier molecular flexibility index (Phi) is 7.95. The van der Waals surface area contributed by atoms with Crippen LogP contribution < -0.4 is 10.1 Å². The van der Waals surface area contributed by atoms with Gasteiger partial charge in [0.05, 0.1) is 17.2 Å². The first kappa shape index (κ1) is 26.9. The largest absolute Gasteiger partial charge is 0.489 e. The number of thiazole rings is 1. The van der Waals surface area contributed by atoms with Crippen molar-refractivity contribution in [1.29, 1.82) is 0 Å². The van der Waals surface area contributed by atoms with E-state index in [4.69, 9.17) is 16.3 Å². The molecule has 1 aliphatic carbocycles. The molecule has 11 heteroatoms. The monoisotopic (exact) mass is 565 g/mol. The van der Waals surface area contributed by atoms with Crippen molar-refractivity contribution in [2.75, 3.05) is 19.6 Å². The van der Waals surface area contributed by atoms with Crippen LogP contribution in [0, 0.1) is 5.82 Å². The van der Waals surface area contributed by atoms with Gasteiger partial charge in [0.15, 0.2) is 0 Å². The number of nitrogens with zero attached hydrogens (tertiary/aromatic N) is 2. The van der Waals surface area contributed by atoms with E-state index in [9.17, 15) is 14.3 Å². The number of benzene rings is 2. The fraction of sp³-hybridized carbons (Fsp3) is 0.407. The standard InChI is InChI=1S/C27H27ClF3N3O3S/c28-20-13-17(5-10-22(20)37-19-8-9-19)24(35)21(14-34-11-1-2-12-34)32-26(36)27(30,31)23-15-38-25(33-23)16-3-6-18(29)7-4-16/h3-7,10,13,15,19,21,24,35H,1-2,8-9,11-12,14H2,(H,32,36)/t21-,24-/m1/s1. The van der Waals surface area contributed by atoms with E-state index >= 15 is 8.78 Å². The summed E-state index contributed by atoms with van der Waals surface area (Å²) in [6, 6.07) is 9.09. The summed E-state index contributed by atoms with van der Waals surface area (Å²) < 4.78 is 49.5. The number of likely N-dealkylation sites (tertiary alicyclic amines) is 1. The van der Waals surface area contributed by atoms with E-state index in [1.807, 2.05) is 4.90 Å². The summed E-state index contributed by atoms with van der Waals surface area (Å²) in [5, 5.41) is 15.2. The number of halogens is 4. The molecular formula is C27H27ClF3N3O3S. The Morgan fingerprint density at radius 2 is 1.92 bits per heavy atom. The molecule has 202 valence electrons. The molecule has 0 spiro atoms. The number of aliphatic hydroxyl groups is 1. The second kappa shape index (κ2) is 11.2. The van der Waals surface area contributed by atoms with Crippen molar-refractivity contribution in [2.24, 2.45) is 0 Å². The van der Waals surface area contributed by atoms with Crippen LogP contribution in [0.1, 0.15) is 43.0 Å². The summed E-state index contributed by atoms with van der Waals surface area (Å²) in [6.07, 6.45) is 2.69. The molecule has 1 amide bonds. The van der Waals surface area contributed by atoms with Crippen molar-refractivity contribution in [2.45, 2.75) is 49.9 Å². The third-order valence-electron chi connectivity index (χ3n) is 6.67. The van der Waals surface area contributed by atoms with Crippen LogP contribution in [0.2, 0.25) is 5.02 Å². The molecule has 2 aliphatic rings. The number of amides is 1. The van der Waals surface area contributed by atoms with E-state index < -0.39 is 35.5 Å². The van der Waals surface area contributed by atoms with Crippen molar-refractivity contribution >= 4 is 28.8 Å². The topological polar surface area (TPSA) is 74.7 Å². The Balaban J connectivity index is 1.34. The summed E-state index contributed by atoms with van der Waals surface area (Å²) in [6.45, 7) is 1.69. The first-order valence-electron chi connectivity index (χ1n) is 12.5. The second-order valence-electron chi connectivity index (χ2n) is 9.66. The van der Waals surface area contributed by atoms with Gasteiger partial charge >= 0.3 is 5.92 Å². The van der Waals surface area contributed by atoms with Gasteiger partial charge in [-0.3, -0.25) is 4.79 Å². The molecule has 6 nitrogen and oxygen atoms in total. The number of hydrogen-bond acceptors (Lipinski definition) is 6. The van der Waals surface area contributed by atoms with Gasteiger partial charge in [-0.1, -0.05) is 17.7 Å². The maximum absolute atomic E-state index is 15.3. The molecule has 38 heavy (non-hydrogen) atoms. The molecule has 2 N–H and O–H groups in total. The Labute approximate surface area is 227 Å². The van der Waals surface area contributed by atoms with E-state index in [-0.39, 0.29) is 17.7 Å². The molecule has 0 bridgehead atoms. The molecule has 2 heterocycles. The van der Waals surface area contributed by atoms with Crippen molar-refractivity contribution < 1.29 is 27.8 Å². The number of hydrogen-bond donors (Lipinski definition) is 2. The minimum Gasteiger partial charge on any atom is -0.489 e. The quantitative estimate of drug-likeness (QED) is 0.337. The van der Waals surface area contributed by atoms with Gasteiger partial charge in [0, 0.05) is 17.5 Å². The van der Waals surface area contributed by atoms with Gasteiger partial charge in [-0.15, -0.1) is 11.3 Å². The maximum atomic E-state index is 15.3. The van der Waals surface area contributed by atoms with Crippen molar-refractivity contribution in [3.05, 3.63) is 69.9 Å². The van der Waals surface area contributed by atoms with Gasteiger partial charge in [0.25, 0.3) is 5.91 Å². The van der Waals surface area contributed by atoms with Gasteiger partial charge in [-0.25, -0.2) is 9.37 Å². The molecule has 1 saturated heterocycles. The highest BCUT2D eigenvalue weighted by Crippen LogP contribution is 2.36. The summed E-state index contributed by atoms with van der Waals surface area (Å²) >= 11 is 7.29. The fourth-order valence-electron chi connectivity index (χ4n) is 4.38. The van der Waals surface area contributed by atoms with Crippen molar-refractivity contribution in [3.8, 4) is 16.3 Å². The SMILES string of the molecule is O=C(N[C@H](CN1CCCC1)[C@H](O)c1ccc(OC2CC2)c(Cl)c1)C(F)(F)c1csc(-c2ccc(F)cc2)n1. The highest BCUT2D eigenvalue weighted by Gasteiger charge is 2.45. The lowest BCUT2D eigenvalue weighted by Crippen LogP contribution is -2.51. The summed E-state index contributed by atoms with van der Waals surface area (Å²) in [7, 11) is 0. The molecule has 2 atom stereocenters. The molecule has 2 aromatic carbocycles. The first-order valence-corrected chi connectivity index (χ1v) is 13.7. The van der Waals surface area contributed by atoms with Gasteiger partial charge < -0.3 is 20.1 Å². The van der Waals surface area contributed by atoms with Gasteiger partial charge in [-0.05, 0) is 80.7 Å². The van der Waals surface area contributed by atoms with E-state index in [0.717, 1.165) is 55.5 Å². The average Bonchev–Trinajstić information content (AvgIpc) is 3.33. The summed E-state index contributed by atoms with van der Waals surface area (Å²) in [5.74, 6) is -5.46. The van der Waals surface area contributed by atoms with E-state index in [2.05, 4.69) is 10.3 Å². The van der Waals surface area contributed by atoms with Crippen LogP contribution in [-0.2, 0) is 10.7 Å². The van der Waals surface area contributed by atoms with Crippen LogP contribution in [0.25, 0.3) is 10.6 Å². The molecular weight excluding hydrogens is 539 g/mol. The predicted molar refractivity (Wildman–Crippen MR) is 139 cm³/mol. The Hall–Kier alpha value is -2.66. The maximum Gasteiger partial charge on any atom is 0.366 e. The number of ether oxygens (including phenoxy) is 1. The lowest BCUT2D eigenvalue weighted by Gasteiger charge is -2.30. The van der Waals surface area contributed by atoms with Gasteiger partial charge in [-0.2, -0.15) is 8.78 Å². The van der Waals surface area contributed by atoms with Crippen molar-refractivity contribution in [3.63, 3.8) is 0 Å². The third kappa shape index (κ3) is 6.14. The van der Waals surface area contributed by atoms with E-state index in [1.165, 1.54) is 24.3 Å². The lowest BCUT2D eigenvalue weighted by molar-refractivity contribution is -0.149. The zero-order valence-electron chi connectivity index (χ0n) is 20.4. The number of rotatable bonds is 10. The van der Waals surface area contributed by atoms with E-state index in [0.29, 0.717) is 21.9 Å². The molecule has 1 aromatic heterocycles. The smallest absolute Gasteiger partial charge is 0.366 e. The molecule has 0 unspecified atom stereocenters. The Bertz CT molecular complexity index is 1280. The minimum atomic E-state index is -3.95. The van der Waals surface area contributed by atoms with Crippen LogP contribution in [0.5, 0.6) is 5.75 Å². The molecule has 3 aromatic rings. The van der Waals surface area contributed by atoms with Crippen LogP contribution in [0.15, 0.2) is 47.8 Å². The van der Waals surface area contributed by atoms with Crippen LogP contribution >= 0.6 is 22.9 Å². The number of aromatic nitrogens is 1. The Morgan fingerprint density at radius 1 is 1.21 bits per heavy atom. The van der Waals surface area contributed by atoms with Gasteiger partial charge in [0.1, 0.15) is 28.4 Å². The number of carbonyl (C=O) groups is 1. The second-order valence-corrected chi connectivity index (χ2v) is 10.9. The molecule has 1 saturated carbocycles. The van der Waals surface area contributed by atoms with Crippen molar-refractivity contribution in [1.82, 2.24) is 15.2 Å². The number of nitrogens with one attached hydrogen (secondary N) is 1. The fourth-order valence-corrected chi connectivity index (χ4v) is 5.46. The molecule has 0 radical (unpaired) electrons. The lowest BCUT2D eigenvalue weighted by atomic mass is 10.0.